The summed E-state index contributed by atoms with van der Waals surface area (Å²) in [4.78, 5) is 4.34. The lowest BCUT2D eigenvalue weighted by atomic mass is 9.86. The van der Waals surface area contributed by atoms with Gasteiger partial charge < -0.3 is 11.5 Å². The van der Waals surface area contributed by atoms with Crippen LogP contribution in [0.3, 0.4) is 0 Å². The molecule has 0 amide bonds. The first-order valence-corrected chi connectivity index (χ1v) is 8.05. The summed E-state index contributed by atoms with van der Waals surface area (Å²) in [6.07, 6.45) is 10.8. The third kappa shape index (κ3) is 7.28. The molecule has 2 unspecified atom stereocenters. The molecule has 0 aliphatic heterocycles. The Morgan fingerprint density at radius 3 is 2.33 bits per heavy atom. The Morgan fingerprint density at radius 2 is 1.90 bits per heavy atom. The number of nitrogens with two attached hydrogens (primary N) is 2. The molecular formula is C18H33N3. The molecule has 3 heteroatoms. The number of aliphatic imine (C=N–C) groups is 1. The van der Waals surface area contributed by atoms with E-state index in [-0.39, 0.29) is 6.04 Å². The van der Waals surface area contributed by atoms with E-state index in [1.54, 1.807) is 6.20 Å². The highest BCUT2D eigenvalue weighted by molar-refractivity contribution is 5.84. The van der Waals surface area contributed by atoms with Crippen molar-refractivity contribution in [2.24, 2.45) is 28.3 Å². The minimum atomic E-state index is 0.0407. The summed E-state index contributed by atoms with van der Waals surface area (Å²) in [7, 11) is 0. The van der Waals surface area contributed by atoms with Crippen molar-refractivity contribution >= 4 is 6.21 Å². The van der Waals surface area contributed by atoms with Crippen LogP contribution >= 0.6 is 0 Å². The molecule has 0 heterocycles. The van der Waals surface area contributed by atoms with Crippen molar-refractivity contribution in [1.82, 2.24) is 0 Å². The van der Waals surface area contributed by atoms with Gasteiger partial charge in [0, 0.05) is 30.6 Å². The summed E-state index contributed by atoms with van der Waals surface area (Å²) < 4.78 is 0. The molecule has 0 spiro atoms. The van der Waals surface area contributed by atoms with Gasteiger partial charge in [0.25, 0.3) is 0 Å². The second kappa shape index (κ2) is 11.3. The monoisotopic (exact) mass is 291 g/mol. The maximum Gasteiger partial charge on any atom is 0.0361 e. The van der Waals surface area contributed by atoms with Crippen molar-refractivity contribution in [3.63, 3.8) is 0 Å². The average molecular weight is 291 g/mol. The van der Waals surface area contributed by atoms with Gasteiger partial charge in [-0.2, -0.15) is 0 Å². The maximum atomic E-state index is 6.01. The fourth-order valence-corrected chi connectivity index (χ4v) is 2.22. The first kappa shape index (κ1) is 19.7. The molecule has 0 rings (SSSR count). The minimum absolute atomic E-state index is 0.0407. The number of hydrogen-bond donors (Lipinski definition) is 2. The van der Waals surface area contributed by atoms with Crippen molar-refractivity contribution in [1.29, 1.82) is 0 Å². The minimum Gasteiger partial charge on any atom is -0.404 e. The summed E-state index contributed by atoms with van der Waals surface area (Å²) in [5.74, 6) is 0.893. The molecule has 0 fully saturated rings. The van der Waals surface area contributed by atoms with Crippen LogP contribution in [-0.4, -0.2) is 18.8 Å². The second-order valence-corrected chi connectivity index (χ2v) is 5.48. The highest BCUT2D eigenvalue weighted by atomic mass is 14.7. The topological polar surface area (TPSA) is 64.4 Å². The summed E-state index contributed by atoms with van der Waals surface area (Å²) >= 11 is 0. The highest BCUT2D eigenvalue weighted by Gasteiger charge is 2.15. The Balaban J connectivity index is 5.40. The standard InChI is InChI=1S/C18H33N3/c1-6-14(5)18(16(12-19)13-21-9-4)11-15(7-2)10-17(20)8-3/h8,11-15,17H,3,6-7,9-10,19-20H2,1-2,4-5H3/b16-12+,18-11+,21-13?/t14?,15?,17-/m0/s1. The van der Waals surface area contributed by atoms with Crippen LogP contribution in [0.2, 0.25) is 0 Å². The zero-order valence-electron chi connectivity index (χ0n) is 14.2. The molecule has 0 aromatic carbocycles. The van der Waals surface area contributed by atoms with Crippen molar-refractivity contribution in [2.75, 3.05) is 6.54 Å². The molecule has 3 nitrogen and oxygen atoms in total. The largest absolute Gasteiger partial charge is 0.404 e. The predicted molar refractivity (Wildman–Crippen MR) is 95.4 cm³/mol. The normalized spacial score (nSPS) is 17.8. The Labute approximate surface area is 130 Å². The van der Waals surface area contributed by atoms with E-state index in [9.17, 15) is 0 Å². The quantitative estimate of drug-likeness (QED) is 0.365. The Kier molecular flexibility index (Phi) is 10.6. The fourth-order valence-electron chi connectivity index (χ4n) is 2.22. The smallest absolute Gasteiger partial charge is 0.0361 e. The third-order valence-electron chi connectivity index (χ3n) is 3.89. The van der Waals surface area contributed by atoms with Gasteiger partial charge in [0.15, 0.2) is 0 Å². The van der Waals surface area contributed by atoms with E-state index in [2.05, 4.69) is 38.4 Å². The fraction of sp³-hybridized carbons (Fsp3) is 0.611. The molecule has 0 aliphatic rings. The van der Waals surface area contributed by atoms with E-state index in [0.717, 1.165) is 31.4 Å². The van der Waals surface area contributed by atoms with Gasteiger partial charge in [0.2, 0.25) is 0 Å². The van der Waals surface area contributed by atoms with Gasteiger partial charge >= 0.3 is 0 Å². The number of nitrogens with zero attached hydrogens (tertiary/aromatic N) is 1. The molecule has 0 aliphatic carbocycles. The molecule has 120 valence electrons. The highest BCUT2D eigenvalue weighted by Crippen LogP contribution is 2.25. The number of allylic oxidation sites excluding steroid dienone is 3. The van der Waals surface area contributed by atoms with Gasteiger partial charge in [-0.15, -0.1) is 6.58 Å². The van der Waals surface area contributed by atoms with Gasteiger partial charge in [-0.25, -0.2) is 0 Å². The van der Waals surface area contributed by atoms with E-state index in [0.29, 0.717) is 11.8 Å². The van der Waals surface area contributed by atoms with Gasteiger partial charge in [0.1, 0.15) is 0 Å². The molecular weight excluding hydrogens is 258 g/mol. The lowest BCUT2D eigenvalue weighted by Crippen LogP contribution is -2.20. The van der Waals surface area contributed by atoms with Crippen LogP contribution in [0.15, 0.2) is 41.1 Å². The zero-order chi connectivity index (χ0) is 16.3. The van der Waals surface area contributed by atoms with Crippen molar-refractivity contribution in [3.8, 4) is 0 Å². The van der Waals surface area contributed by atoms with Crippen LogP contribution in [0.4, 0.5) is 0 Å². The first-order chi connectivity index (χ1) is 10.0. The molecule has 0 aromatic heterocycles. The van der Waals surface area contributed by atoms with Gasteiger partial charge in [-0.1, -0.05) is 32.9 Å². The number of hydrogen-bond acceptors (Lipinski definition) is 3. The van der Waals surface area contributed by atoms with E-state index in [4.69, 9.17) is 11.5 Å². The van der Waals surface area contributed by atoms with Crippen molar-refractivity contribution < 1.29 is 0 Å². The zero-order valence-corrected chi connectivity index (χ0v) is 14.2. The summed E-state index contributed by atoms with van der Waals surface area (Å²) in [5, 5.41) is 0. The Morgan fingerprint density at radius 1 is 1.24 bits per heavy atom. The van der Waals surface area contributed by atoms with Crippen LogP contribution in [-0.2, 0) is 0 Å². The summed E-state index contributed by atoms with van der Waals surface area (Å²) in [6, 6.07) is 0.0407. The van der Waals surface area contributed by atoms with Gasteiger partial charge in [-0.3, -0.25) is 4.99 Å². The van der Waals surface area contributed by atoms with E-state index < -0.39 is 0 Å². The van der Waals surface area contributed by atoms with E-state index in [1.165, 1.54) is 5.57 Å². The Hall–Kier alpha value is -1.35. The molecule has 0 saturated carbocycles. The average Bonchev–Trinajstić information content (AvgIpc) is 2.51. The van der Waals surface area contributed by atoms with Gasteiger partial charge in [-0.05, 0) is 43.6 Å². The van der Waals surface area contributed by atoms with E-state index in [1.807, 2.05) is 19.2 Å². The lowest BCUT2D eigenvalue weighted by molar-refractivity contribution is 0.527. The first-order valence-electron chi connectivity index (χ1n) is 8.05. The molecule has 0 saturated heterocycles. The second-order valence-electron chi connectivity index (χ2n) is 5.48. The van der Waals surface area contributed by atoms with Crippen molar-refractivity contribution in [2.45, 2.75) is 53.0 Å². The van der Waals surface area contributed by atoms with Crippen LogP contribution in [0.5, 0.6) is 0 Å². The SMILES string of the molecule is C=C[C@H](N)CC(/C=C(/C(C=NCC)=C/N)C(C)CC)CC. The Bertz CT molecular complexity index is 380. The predicted octanol–water partition coefficient (Wildman–Crippen LogP) is 3.82. The number of rotatable bonds is 10. The van der Waals surface area contributed by atoms with Crippen LogP contribution in [0, 0.1) is 11.8 Å². The summed E-state index contributed by atoms with van der Waals surface area (Å²) in [5.41, 5.74) is 14.1. The van der Waals surface area contributed by atoms with Gasteiger partial charge in [0.05, 0.1) is 0 Å². The maximum absolute atomic E-state index is 6.01. The molecule has 0 radical (unpaired) electrons. The molecule has 3 atom stereocenters. The van der Waals surface area contributed by atoms with Crippen LogP contribution in [0.25, 0.3) is 0 Å². The van der Waals surface area contributed by atoms with Crippen molar-refractivity contribution in [3.05, 3.63) is 36.1 Å². The van der Waals surface area contributed by atoms with Crippen LogP contribution < -0.4 is 11.5 Å². The molecule has 0 bridgehead atoms. The van der Waals surface area contributed by atoms with Crippen LogP contribution in [0.1, 0.15) is 47.0 Å². The third-order valence-corrected chi connectivity index (χ3v) is 3.89. The van der Waals surface area contributed by atoms with E-state index >= 15 is 0 Å². The summed E-state index contributed by atoms with van der Waals surface area (Å²) in [6.45, 7) is 13.2. The molecule has 0 aromatic rings. The molecule has 21 heavy (non-hydrogen) atoms. The molecule has 4 N–H and O–H groups in total. The lowest BCUT2D eigenvalue weighted by Gasteiger charge is -2.20.